The number of H-pyrrole nitrogens is 1. The number of nitrogens with two attached hydrogens (primary N) is 1. The second-order valence-corrected chi connectivity index (χ2v) is 5.98. The van der Waals surface area contributed by atoms with E-state index >= 15 is 0 Å². The highest BCUT2D eigenvalue weighted by molar-refractivity contribution is 5.85. The molecule has 0 amide bonds. The Bertz CT molecular complexity index is 700. The van der Waals surface area contributed by atoms with Gasteiger partial charge in [-0.15, -0.1) is 0 Å². The molecule has 4 nitrogen and oxygen atoms in total. The number of aromatic amines is 1. The number of aromatic nitrogens is 1. The van der Waals surface area contributed by atoms with E-state index < -0.39 is 0 Å². The Morgan fingerprint density at radius 2 is 2.14 bits per heavy atom. The van der Waals surface area contributed by atoms with Crippen molar-refractivity contribution in [2.45, 2.75) is 39.3 Å². The number of pyridine rings is 1. The Morgan fingerprint density at radius 1 is 1.33 bits per heavy atom. The van der Waals surface area contributed by atoms with Crippen LogP contribution in [0.5, 0.6) is 0 Å². The molecule has 2 aromatic rings. The minimum Gasteiger partial charge on any atom is -0.372 e. The van der Waals surface area contributed by atoms with E-state index in [4.69, 9.17) is 4.74 Å². The van der Waals surface area contributed by atoms with Gasteiger partial charge >= 0.3 is 0 Å². The van der Waals surface area contributed by atoms with Crippen molar-refractivity contribution in [1.82, 2.24) is 4.98 Å². The lowest BCUT2D eigenvalue weighted by atomic mass is 10.0. The summed E-state index contributed by atoms with van der Waals surface area (Å²) in [4.78, 5) is 15.3. The third-order valence-electron chi connectivity index (χ3n) is 4.34. The van der Waals surface area contributed by atoms with Gasteiger partial charge in [-0.3, -0.25) is 4.79 Å². The summed E-state index contributed by atoms with van der Waals surface area (Å²) >= 11 is 0. The van der Waals surface area contributed by atoms with Crippen LogP contribution in [-0.4, -0.2) is 24.2 Å². The normalized spacial score (nSPS) is 18.5. The summed E-state index contributed by atoms with van der Waals surface area (Å²) in [6.45, 7) is 6.64. The molecule has 0 unspecified atom stereocenters. The second-order valence-electron chi connectivity index (χ2n) is 5.98. The maximum Gasteiger partial charge on any atom is 0.257 e. The number of hydrogen-bond donors (Lipinski definition) is 2. The van der Waals surface area contributed by atoms with Crippen LogP contribution in [0.1, 0.15) is 29.5 Å². The first-order valence-electron chi connectivity index (χ1n) is 7.70. The van der Waals surface area contributed by atoms with E-state index in [1.54, 1.807) is 0 Å². The van der Waals surface area contributed by atoms with Crippen molar-refractivity contribution in [3.8, 4) is 0 Å². The molecule has 1 fully saturated rings. The lowest BCUT2D eigenvalue weighted by molar-refractivity contribution is -0.676. The molecule has 1 aliphatic heterocycles. The fraction of sp³-hybridized carbons (Fsp3) is 0.471. The summed E-state index contributed by atoms with van der Waals surface area (Å²) in [7, 11) is 0. The molecule has 1 saturated heterocycles. The monoisotopic (exact) mass is 287 g/mol. The van der Waals surface area contributed by atoms with Gasteiger partial charge in [0, 0.05) is 12.0 Å². The molecule has 0 bridgehead atoms. The van der Waals surface area contributed by atoms with Crippen molar-refractivity contribution in [1.29, 1.82) is 0 Å². The molecule has 21 heavy (non-hydrogen) atoms. The van der Waals surface area contributed by atoms with Crippen LogP contribution in [0.4, 0.5) is 0 Å². The number of quaternary nitrogens is 1. The summed E-state index contributed by atoms with van der Waals surface area (Å²) in [5.41, 5.74) is 4.15. The van der Waals surface area contributed by atoms with Crippen molar-refractivity contribution >= 4 is 10.9 Å². The van der Waals surface area contributed by atoms with Gasteiger partial charge in [0.25, 0.3) is 5.56 Å². The molecule has 1 aromatic heterocycles. The van der Waals surface area contributed by atoms with Gasteiger partial charge in [0.1, 0.15) is 19.2 Å². The van der Waals surface area contributed by atoms with E-state index in [1.165, 1.54) is 5.56 Å². The topological polar surface area (TPSA) is 58.7 Å². The second kappa shape index (κ2) is 6.00. The minimum absolute atomic E-state index is 0.0276. The molecule has 0 radical (unpaired) electrons. The van der Waals surface area contributed by atoms with Crippen LogP contribution in [-0.2, 0) is 11.3 Å². The molecule has 4 heteroatoms. The average molecular weight is 287 g/mol. The number of nitrogens with one attached hydrogen (secondary N) is 1. The van der Waals surface area contributed by atoms with Crippen LogP contribution < -0.4 is 10.9 Å². The van der Waals surface area contributed by atoms with Gasteiger partial charge in [-0.2, -0.15) is 0 Å². The zero-order valence-electron chi connectivity index (χ0n) is 12.7. The average Bonchev–Trinajstić information content (AvgIpc) is 2.97. The van der Waals surface area contributed by atoms with E-state index in [0.29, 0.717) is 12.6 Å². The third kappa shape index (κ3) is 3.01. The van der Waals surface area contributed by atoms with Crippen LogP contribution in [0.2, 0.25) is 0 Å². The van der Waals surface area contributed by atoms with E-state index in [0.717, 1.165) is 48.0 Å². The Labute approximate surface area is 124 Å². The third-order valence-corrected chi connectivity index (χ3v) is 4.34. The molecular formula is C17H23N2O2+. The minimum atomic E-state index is 0.0276. The largest absolute Gasteiger partial charge is 0.372 e. The van der Waals surface area contributed by atoms with Crippen molar-refractivity contribution in [3.63, 3.8) is 0 Å². The molecule has 0 saturated carbocycles. The van der Waals surface area contributed by atoms with Gasteiger partial charge in [-0.1, -0.05) is 12.1 Å². The van der Waals surface area contributed by atoms with Crippen LogP contribution in [0.3, 0.4) is 0 Å². The number of rotatable bonds is 4. The quantitative estimate of drug-likeness (QED) is 0.892. The fourth-order valence-corrected chi connectivity index (χ4v) is 3.02. The van der Waals surface area contributed by atoms with Crippen LogP contribution in [0, 0.1) is 13.8 Å². The molecule has 112 valence electrons. The lowest BCUT2D eigenvalue weighted by Crippen LogP contribution is -2.85. The Morgan fingerprint density at radius 3 is 2.90 bits per heavy atom. The molecule has 3 N–H and O–H groups in total. The Kier molecular flexibility index (Phi) is 4.08. The molecular weight excluding hydrogens is 264 g/mol. The number of hydrogen-bond acceptors (Lipinski definition) is 2. The maximum atomic E-state index is 12.2. The van der Waals surface area contributed by atoms with Gasteiger partial charge in [0.05, 0.1) is 11.1 Å². The number of benzene rings is 1. The van der Waals surface area contributed by atoms with Gasteiger partial charge < -0.3 is 15.0 Å². The SMILES string of the molecule is Cc1ccc(C)c2[nH]c(=O)c(C[NH2+]C[C@@H]3CCCO3)cc12. The van der Waals surface area contributed by atoms with E-state index in [-0.39, 0.29) is 5.56 Å². The first kappa shape index (κ1) is 14.3. The molecule has 1 aromatic carbocycles. The van der Waals surface area contributed by atoms with Crippen LogP contribution in [0.25, 0.3) is 10.9 Å². The maximum absolute atomic E-state index is 12.2. The van der Waals surface area contributed by atoms with Crippen molar-refractivity contribution in [3.05, 3.63) is 45.2 Å². The van der Waals surface area contributed by atoms with E-state index in [9.17, 15) is 4.79 Å². The zero-order chi connectivity index (χ0) is 14.8. The summed E-state index contributed by atoms with van der Waals surface area (Å²) in [6.07, 6.45) is 2.66. The highest BCUT2D eigenvalue weighted by Crippen LogP contribution is 2.19. The van der Waals surface area contributed by atoms with E-state index in [2.05, 4.69) is 29.4 Å². The standard InChI is InChI=1S/C17H22N2O2/c1-11-5-6-12(2)16-15(11)8-13(17(20)19-16)9-18-10-14-4-3-7-21-14/h5-6,8,14,18H,3-4,7,9-10H2,1-2H3,(H,19,20)/p+1/t14-/m0/s1. The van der Waals surface area contributed by atoms with Crippen molar-refractivity contribution in [2.24, 2.45) is 0 Å². The van der Waals surface area contributed by atoms with Gasteiger partial charge in [-0.25, -0.2) is 0 Å². The summed E-state index contributed by atoms with van der Waals surface area (Å²) in [5.74, 6) is 0. The first-order valence-corrected chi connectivity index (χ1v) is 7.70. The van der Waals surface area contributed by atoms with Crippen LogP contribution >= 0.6 is 0 Å². The molecule has 1 atom stereocenters. The summed E-state index contributed by atoms with van der Waals surface area (Å²) in [6, 6.07) is 6.20. The lowest BCUT2D eigenvalue weighted by Gasteiger charge is -2.09. The Balaban J connectivity index is 1.80. The van der Waals surface area contributed by atoms with Crippen molar-refractivity contribution in [2.75, 3.05) is 13.2 Å². The highest BCUT2D eigenvalue weighted by atomic mass is 16.5. The molecule has 0 aliphatic carbocycles. The molecule has 2 heterocycles. The Hall–Kier alpha value is -1.65. The molecule has 3 rings (SSSR count). The van der Waals surface area contributed by atoms with Crippen molar-refractivity contribution < 1.29 is 10.1 Å². The van der Waals surface area contributed by atoms with Gasteiger partial charge in [0.15, 0.2) is 0 Å². The number of aryl methyl sites for hydroxylation is 2. The van der Waals surface area contributed by atoms with E-state index in [1.807, 2.05) is 13.0 Å². The van der Waals surface area contributed by atoms with Gasteiger partial charge in [-0.05, 0) is 43.9 Å². The summed E-state index contributed by atoms with van der Waals surface area (Å²) in [5, 5.41) is 3.33. The zero-order valence-corrected chi connectivity index (χ0v) is 12.7. The molecule has 0 spiro atoms. The number of fused-ring (bicyclic) bond motifs is 1. The smallest absolute Gasteiger partial charge is 0.257 e. The fourth-order valence-electron chi connectivity index (χ4n) is 3.02. The first-order chi connectivity index (χ1) is 10.1. The number of ether oxygens (including phenoxy) is 1. The highest BCUT2D eigenvalue weighted by Gasteiger charge is 2.17. The molecule has 1 aliphatic rings. The summed E-state index contributed by atoms with van der Waals surface area (Å²) < 4.78 is 5.61. The van der Waals surface area contributed by atoms with Crippen LogP contribution in [0.15, 0.2) is 23.0 Å². The predicted octanol–water partition coefficient (Wildman–Crippen LogP) is 1.39. The van der Waals surface area contributed by atoms with Gasteiger partial charge in [0.2, 0.25) is 0 Å². The predicted molar refractivity (Wildman–Crippen MR) is 83.5 cm³/mol.